The highest BCUT2D eigenvalue weighted by Gasteiger charge is 2.21. The molecule has 0 spiro atoms. The number of carbonyl (C=O) groups excluding carboxylic acids is 1. The molecule has 2 aromatic heterocycles. The van der Waals surface area contributed by atoms with Crippen LogP contribution in [0.15, 0.2) is 35.6 Å². The number of fused-ring (bicyclic) bond motifs is 1. The van der Waals surface area contributed by atoms with Gasteiger partial charge in [0.05, 0.1) is 0 Å². The van der Waals surface area contributed by atoms with Gasteiger partial charge >= 0.3 is 5.97 Å². The molecule has 3 N–H and O–H groups in total. The van der Waals surface area contributed by atoms with Gasteiger partial charge in [-0.15, -0.1) is 11.8 Å². The van der Waals surface area contributed by atoms with Gasteiger partial charge in [0.1, 0.15) is 35.0 Å². The van der Waals surface area contributed by atoms with Gasteiger partial charge in [-0.3, -0.25) is 9.59 Å². The van der Waals surface area contributed by atoms with Crippen molar-refractivity contribution in [2.45, 2.75) is 17.7 Å². The lowest BCUT2D eigenvalue weighted by molar-refractivity contribution is -0.135. The molecule has 0 unspecified atom stereocenters. The molecule has 0 bridgehead atoms. The molecule has 10 heteroatoms. The van der Waals surface area contributed by atoms with Crippen molar-refractivity contribution in [3.63, 3.8) is 0 Å². The smallest absolute Gasteiger partial charge is 0.322 e. The monoisotopic (exact) mass is 390 g/mol. The summed E-state index contributed by atoms with van der Waals surface area (Å²) in [7, 11) is 0. The van der Waals surface area contributed by atoms with Gasteiger partial charge in [0.15, 0.2) is 5.65 Å². The fraction of sp³-hybridized carbons (Fsp3) is 0.176. The van der Waals surface area contributed by atoms with Gasteiger partial charge in [-0.25, -0.2) is 13.9 Å². The van der Waals surface area contributed by atoms with E-state index in [9.17, 15) is 19.1 Å². The number of halogens is 1. The topological polar surface area (TPSA) is 117 Å². The van der Waals surface area contributed by atoms with E-state index in [1.165, 1.54) is 34.7 Å². The largest absolute Gasteiger partial charge is 0.507 e. The third kappa shape index (κ3) is 4.00. The normalized spacial score (nSPS) is 10.9. The number of amides is 1. The summed E-state index contributed by atoms with van der Waals surface area (Å²) in [5.74, 6) is -2.42. The molecule has 0 atom stereocenters. The second-order valence-corrected chi connectivity index (χ2v) is 6.69. The third-order valence-electron chi connectivity index (χ3n) is 3.70. The van der Waals surface area contributed by atoms with Crippen molar-refractivity contribution in [3.05, 3.63) is 53.1 Å². The predicted octanol–water partition coefficient (Wildman–Crippen LogP) is 1.99. The molecule has 0 radical (unpaired) electrons. The zero-order valence-electron chi connectivity index (χ0n) is 14.1. The summed E-state index contributed by atoms with van der Waals surface area (Å²) in [6.07, 6.45) is 1.21. The molecule has 27 heavy (non-hydrogen) atoms. The summed E-state index contributed by atoms with van der Waals surface area (Å²) >= 11 is 1.22. The van der Waals surface area contributed by atoms with Crippen LogP contribution in [-0.2, 0) is 10.5 Å². The standard InChI is InChI=1S/C17H15FN4O4S/c1-9-2-3-11(18)10(4-9)7-27-13-5-12(23)15(16-20-8-21-22(13)16)17(26)19-6-14(24)25/h2-5,8,23H,6-7H2,1H3,(H,19,26)(H,24,25). The number of carboxylic acids is 1. The Morgan fingerprint density at radius 3 is 2.85 bits per heavy atom. The highest BCUT2D eigenvalue weighted by Crippen LogP contribution is 2.31. The molecule has 3 rings (SSSR count). The Hall–Kier alpha value is -3.14. The van der Waals surface area contributed by atoms with Gasteiger partial charge in [0, 0.05) is 11.8 Å². The van der Waals surface area contributed by atoms with E-state index >= 15 is 0 Å². The number of hydrogen-bond acceptors (Lipinski definition) is 6. The first-order valence-electron chi connectivity index (χ1n) is 7.80. The number of thioether (sulfide) groups is 1. The molecule has 0 aliphatic rings. The lowest BCUT2D eigenvalue weighted by atomic mass is 10.1. The maximum Gasteiger partial charge on any atom is 0.322 e. The van der Waals surface area contributed by atoms with E-state index < -0.39 is 18.4 Å². The quantitative estimate of drug-likeness (QED) is 0.551. The first-order chi connectivity index (χ1) is 12.9. The van der Waals surface area contributed by atoms with E-state index in [1.807, 2.05) is 6.92 Å². The molecule has 1 amide bonds. The summed E-state index contributed by atoms with van der Waals surface area (Å²) in [5, 5.41) is 25.6. The fourth-order valence-electron chi connectivity index (χ4n) is 2.47. The van der Waals surface area contributed by atoms with Crippen molar-refractivity contribution in [1.29, 1.82) is 0 Å². The number of nitrogens with one attached hydrogen (secondary N) is 1. The van der Waals surface area contributed by atoms with Crippen LogP contribution < -0.4 is 5.32 Å². The van der Waals surface area contributed by atoms with E-state index in [2.05, 4.69) is 15.4 Å². The van der Waals surface area contributed by atoms with Crippen LogP contribution in [0.25, 0.3) is 5.65 Å². The van der Waals surface area contributed by atoms with Crippen LogP contribution in [0.1, 0.15) is 21.5 Å². The minimum Gasteiger partial charge on any atom is -0.507 e. The molecule has 140 valence electrons. The van der Waals surface area contributed by atoms with E-state index in [-0.39, 0.29) is 28.5 Å². The van der Waals surface area contributed by atoms with E-state index in [1.54, 1.807) is 12.1 Å². The number of aromatic hydroxyl groups is 1. The van der Waals surface area contributed by atoms with E-state index in [4.69, 9.17) is 5.11 Å². The fourth-order valence-corrected chi connectivity index (χ4v) is 3.44. The van der Waals surface area contributed by atoms with Crippen molar-refractivity contribution >= 4 is 29.3 Å². The highest BCUT2D eigenvalue weighted by molar-refractivity contribution is 7.98. The Kier molecular flexibility index (Phi) is 5.26. The van der Waals surface area contributed by atoms with Crippen molar-refractivity contribution < 1.29 is 24.2 Å². The molecule has 2 heterocycles. The molecular formula is C17H15FN4O4S. The molecule has 8 nitrogen and oxygen atoms in total. The Morgan fingerprint density at radius 2 is 2.11 bits per heavy atom. The number of benzene rings is 1. The average Bonchev–Trinajstić information content (AvgIpc) is 3.09. The maximum atomic E-state index is 13.9. The van der Waals surface area contributed by atoms with Crippen LogP contribution in [0.4, 0.5) is 4.39 Å². The van der Waals surface area contributed by atoms with Gasteiger partial charge < -0.3 is 15.5 Å². The predicted molar refractivity (Wildman–Crippen MR) is 95.3 cm³/mol. The van der Waals surface area contributed by atoms with Gasteiger partial charge in [-0.05, 0) is 18.6 Å². The number of aryl methyl sites for hydroxylation is 1. The summed E-state index contributed by atoms with van der Waals surface area (Å²) in [6.45, 7) is 1.27. The lowest BCUT2D eigenvalue weighted by Crippen LogP contribution is -2.29. The highest BCUT2D eigenvalue weighted by atomic mass is 32.2. The van der Waals surface area contributed by atoms with Gasteiger partial charge in [-0.2, -0.15) is 5.10 Å². The Balaban J connectivity index is 1.91. The summed E-state index contributed by atoms with van der Waals surface area (Å²) in [5.41, 5.74) is 1.31. The van der Waals surface area contributed by atoms with Gasteiger partial charge in [-0.1, -0.05) is 17.7 Å². The second kappa shape index (κ2) is 7.62. The summed E-state index contributed by atoms with van der Waals surface area (Å²) in [6, 6.07) is 6.11. The van der Waals surface area contributed by atoms with Crippen LogP contribution in [0.5, 0.6) is 5.75 Å². The zero-order chi connectivity index (χ0) is 19.6. The van der Waals surface area contributed by atoms with Crippen LogP contribution in [0, 0.1) is 12.7 Å². The molecule has 0 aliphatic heterocycles. The van der Waals surface area contributed by atoms with Crippen molar-refractivity contribution in [2.75, 3.05) is 6.54 Å². The molecule has 0 fully saturated rings. The van der Waals surface area contributed by atoms with E-state index in [0.717, 1.165) is 5.56 Å². The van der Waals surface area contributed by atoms with Crippen LogP contribution in [0.2, 0.25) is 0 Å². The van der Waals surface area contributed by atoms with E-state index in [0.29, 0.717) is 10.6 Å². The minimum atomic E-state index is -1.22. The van der Waals surface area contributed by atoms with Crippen molar-refractivity contribution in [2.24, 2.45) is 0 Å². The average molecular weight is 390 g/mol. The van der Waals surface area contributed by atoms with Crippen molar-refractivity contribution in [1.82, 2.24) is 19.9 Å². The van der Waals surface area contributed by atoms with Crippen molar-refractivity contribution in [3.8, 4) is 5.75 Å². The number of pyridine rings is 1. The first-order valence-corrected chi connectivity index (χ1v) is 8.79. The molecule has 0 saturated carbocycles. The Labute approximate surface area is 157 Å². The Morgan fingerprint density at radius 1 is 1.33 bits per heavy atom. The number of carboxylic acid groups (broad SMARTS) is 1. The lowest BCUT2D eigenvalue weighted by Gasteiger charge is -2.10. The minimum absolute atomic E-state index is 0.0742. The summed E-state index contributed by atoms with van der Waals surface area (Å²) in [4.78, 5) is 26.8. The van der Waals surface area contributed by atoms with Gasteiger partial charge in [0.2, 0.25) is 0 Å². The van der Waals surface area contributed by atoms with Crippen LogP contribution in [-0.4, -0.2) is 43.2 Å². The number of carbonyl (C=O) groups is 2. The molecule has 1 aromatic carbocycles. The molecular weight excluding hydrogens is 375 g/mol. The second-order valence-electron chi connectivity index (χ2n) is 5.70. The number of aromatic nitrogens is 3. The number of hydrogen-bond donors (Lipinski definition) is 3. The maximum absolute atomic E-state index is 13.9. The number of rotatable bonds is 6. The molecule has 0 aliphatic carbocycles. The number of nitrogens with zero attached hydrogens (tertiary/aromatic N) is 3. The number of aliphatic carboxylic acids is 1. The molecule has 0 saturated heterocycles. The van der Waals surface area contributed by atoms with Crippen LogP contribution in [0.3, 0.4) is 0 Å². The summed E-state index contributed by atoms with van der Waals surface area (Å²) < 4.78 is 15.3. The zero-order valence-corrected chi connectivity index (χ0v) is 15.0. The third-order valence-corrected chi connectivity index (χ3v) is 4.74. The van der Waals surface area contributed by atoms with Gasteiger partial charge in [0.25, 0.3) is 5.91 Å². The first kappa shape index (κ1) is 18.6. The van der Waals surface area contributed by atoms with Crippen LogP contribution >= 0.6 is 11.8 Å². The Bertz CT molecular complexity index is 1040. The molecule has 3 aromatic rings. The SMILES string of the molecule is Cc1ccc(F)c(CSc2cc(O)c(C(=O)NCC(=O)O)c3ncnn23)c1.